The van der Waals surface area contributed by atoms with Gasteiger partial charge in [-0.25, -0.2) is 0 Å². The van der Waals surface area contributed by atoms with E-state index in [1.807, 2.05) is 36.4 Å². The van der Waals surface area contributed by atoms with E-state index in [2.05, 4.69) is 0 Å². The van der Waals surface area contributed by atoms with Gasteiger partial charge in [0, 0.05) is 17.1 Å². The van der Waals surface area contributed by atoms with Gasteiger partial charge in [0.2, 0.25) is 5.78 Å². The summed E-state index contributed by atoms with van der Waals surface area (Å²) in [6.07, 6.45) is -1.68. The quantitative estimate of drug-likeness (QED) is 0.247. The molecule has 226 valence electrons. The molecule has 0 aromatic heterocycles. The summed E-state index contributed by atoms with van der Waals surface area (Å²) < 4.78 is 0. The lowest BCUT2D eigenvalue weighted by molar-refractivity contribution is -0.162. The first-order valence-electron chi connectivity index (χ1n) is 14.2. The lowest BCUT2D eigenvalue weighted by Crippen LogP contribution is -2.68. The zero-order chi connectivity index (χ0) is 31.8. The van der Waals surface area contributed by atoms with Crippen LogP contribution in [0.2, 0.25) is 0 Å². The van der Waals surface area contributed by atoms with Gasteiger partial charge in [0.15, 0.2) is 11.4 Å². The molecule has 3 aliphatic carbocycles. The molecule has 10 heteroatoms. The predicted octanol–water partition coefficient (Wildman–Crippen LogP) is 2.99. The summed E-state index contributed by atoms with van der Waals surface area (Å²) in [6, 6.07) is 18.6. The zero-order valence-electron chi connectivity index (χ0n) is 24.2. The van der Waals surface area contributed by atoms with Gasteiger partial charge in [0.05, 0.1) is 23.6 Å². The van der Waals surface area contributed by atoms with Crippen molar-refractivity contribution in [2.24, 2.45) is 17.6 Å². The fraction of sp³-hybridized carbons (Fsp3) is 0.265. The maximum Gasteiger partial charge on any atom is 0.255 e. The van der Waals surface area contributed by atoms with Gasteiger partial charge in [-0.1, -0.05) is 67.6 Å². The van der Waals surface area contributed by atoms with Crippen LogP contribution in [-0.2, 0) is 9.59 Å². The van der Waals surface area contributed by atoms with Crippen LogP contribution in [0.3, 0.4) is 0 Å². The highest BCUT2D eigenvalue weighted by atomic mass is 16.4. The van der Waals surface area contributed by atoms with Crippen molar-refractivity contribution in [2.75, 3.05) is 14.1 Å². The average Bonchev–Trinajstić information content (AvgIpc) is 2.99. The van der Waals surface area contributed by atoms with Crippen molar-refractivity contribution in [1.29, 1.82) is 0 Å². The molecule has 10 nitrogen and oxygen atoms in total. The number of primary amides is 1. The Bertz CT molecular complexity index is 1800. The van der Waals surface area contributed by atoms with Gasteiger partial charge >= 0.3 is 0 Å². The fourth-order valence-corrected chi connectivity index (χ4v) is 7.47. The van der Waals surface area contributed by atoms with Crippen LogP contribution in [0.25, 0.3) is 22.3 Å². The van der Waals surface area contributed by atoms with Crippen molar-refractivity contribution in [3.8, 4) is 28.0 Å². The molecule has 3 aromatic rings. The zero-order valence-corrected chi connectivity index (χ0v) is 24.2. The van der Waals surface area contributed by atoms with Crippen LogP contribution < -0.4 is 5.73 Å². The second-order valence-electron chi connectivity index (χ2n) is 11.9. The summed E-state index contributed by atoms with van der Waals surface area (Å²) in [5, 5.41) is 58.4. The lowest BCUT2D eigenvalue weighted by Gasteiger charge is -2.53. The maximum atomic E-state index is 14.5. The van der Waals surface area contributed by atoms with E-state index in [0.29, 0.717) is 22.3 Å². The largest absolute Gasteiger partial charge is 0.510 e. The van der Waals surface area contributed by atoms with Crippen molar-refractivity contribution in [1.82, 2.24) is 4.90 Å². The molecule has 3 aliphatic rings. The predicted molar refractivity (Wildman–Crippen MR) is 161 cm³/mol. The number of carbonyl (C=O) groups is 3. The highest BCUT2D eigenvalue weighted by Crippen LogP contribution is 2.57. The molecule has 0 unspecified atom stereocenters. The van der Waals surface area contributed by atoms with Crippen molar-refractivity contribution in [3.63, 3.8) is 0 Å². The third-order valence-corrected chi connectivity index (χ3v) is 9.40. The molecular weight excluding hydrogens is 564 g/mol. The number of phenolic OH excluding ortho intramolecular Hbond substituents is 1. The number of phenols is 1. The smallest absolute Gasteiger partial charge is 0.255 e. The Labute approximate surface area is 253 Å². The van der Waals surface area contributed by atoms with Crippen LogP contribution in [0.1, 0.15) is 28.8 Å². The Balaban J connectivity index is 1.68. The van der Waals surface area contributed by atoms with Crippen LogP contribution >= 0.6 is 0 Å². The van der Waals surface area contributed by atoms with Gasteiger partial charge in [-0.15, -0.1) is 0 Å². The summed E-state index contributed by atoms with van der Waals surface area (Å²) in [4.78, 5) is 41.8. The third kappa shape index (κ3) is 3.81. The number of aromatic hydroxyl groups is 1. The van der Waals surface area contributed by atoms with Gasteiger partial charge < -0.3 is 31.3 Å². The molecule has 0 heterocycles. The standard InChI is InChI=1S/C34H32N2O8/c1-15-20-18(16-10-6-4-7-11-16)14-19(17-12-8-5-9-13-17)27(37)22(20)28(38)23-21(15)29(39)25-26(36(2)3)30(40)24(33(35)43)32(42)34(25,44)31(23)41/h4-15,21,25-26,29,37,39-41,44H,1-3H3,(H2,35,43)/t15-,21+,25+,26-,29-,34-/m0/s1. The van der Waals surface area contributed by atoms with Crippen molar-refractivity contribution >= 4 is 17.5 Å². The summed E-state index contributed by atoms with van der Waals surface area (Å²) in [5.74, 6) is -9.30. The lowest BCUT2D eigenvalue weighted by atomic mass is 9.54. The van der Waals surface area contributed by atoms with E-state index >= 15 is 0 Å². The van der Waals surface area contributed by atoms with Crippen LogP contribution in [0.15, 0.2) is 89.4 Å². The number of ketones is 2. The minimum absolute atomic E-state index is 0.134. The topological polar surface area (TPSA) is 182 Å². The molecule has 0 saturated carbocycles. The van der Waals surface area contributed by atoms with E-state index < -0.39 is 75.6 Å². The molecule has 3 aromatic carbocycles. The molecule has 0 radical (unpaired) electrons. The number of hydrogen-bond acceptors (Lipinski definition) is 9. The van der Waals surface area contributed by atoms with E-state index in [9.17, 15) is 39.9 Å². The molecule has 6 atom stereocenters. The molecule has 0 spiro atoms. The van der Waals surface area contributed by atoms with Crippen LogP contribution in [0.5, 0.6) is 5.75 Å². The monoisotopic (exact) mass is 596 g/mol. The number of fused-ring (bicyclic) bond motifs is 3. The number of Topliss-reactive ketones (excluding diaryl/α,β-unsaturated/α-hetero) is 2. The fourth-order valence-electron chi connectivity index (χ4n) is 7.47. The maximum absolute atomic E-state index is 14.5. The van der Waals surface area contributed by atoms with Gasteiger partial charge in [-0.2, -0.15) is 0 Å². The van der Waals surface area contributed by atoms with Crippen molar-refractivity contribution < 1.29 is 39.9 Å². The summed E-state index contributed by atoms with van der Waals surface area (Å²) in [5.41, 5.74) is 3.67. The van der Waals surface area contributed by atoms with Gasteiger partial charge in [0.1, 0.15) is 22.8 Å². The molecule has 6 rings (SSSR count). The van der Waals surface area contributed by atoms with Crippen molar-refractivity contribution in [3.05, 3.63) is 101 Å². The first-order valence-corrected chi connectivity index (χ1v) is 14.2. The first kappa shape index (κ1) is 29.3. The minimum Gasteiger partial charge on any atom is -0.510 e. The number of likely N-dealkylation sites (N-methyl/N-ethyl adjacent to an activating group) is 1. The van der Waals surface area contributed by atoms with Crippen LogP contribution in [0, 0.1) is 11.8 Å². The van der Waals surface area contributed by atoms with E-state index in [4.69, 9.17) is 5.73 Å². The third-order valence-electron chi connectivity index (χ3n) is 9.40. The highest BCUT2D eigenvalue weighted by molar-refractivity contribution is 6.25. The molecule has 0 aliphatic heterocycles. The average molecular weight is 597 g/mol. The summed E-state index contributed by atoms with van der Waals surface area (Å²) in [6.45, 7) is 1.73. The Morgan fingerprint density at radius 3 is 1.98 bits per heavy atom. The van der Waals surface area contributed by atoms with Gasteiger partial charge in [-0.05, 0) is 48.3 Å². The van der Waals surface area contributed by atoms with E-state index in [-0.39, 0.29) is 11.3 Å². The molecule has 0 bridgehead atoms. The van der Waals surface area contributed by atoms with Crippen LogP contribution in [0.4, 0.5) is 0 Å². The Morgan fingerprint density at radius 1 is 0.909 bits per heavy atom. The number of aliphatic hydroxyl groups is 4. The molecule has 1 amide bonds. The SMILES string of the molecule is C[C@H]1c2c(-c3ccccc3)cc(-c3ccccc3)c(O)c2C(=O)C2=C(O)[C@]3(O)C(=O)C(C(N)=O)=C(O)[C@@H](N(C)C)[C@@H]3[C@@H](O)[C@@H]21. The molecule has 0 fully saturated rings. The first-order chi connectivity index (χ1) is 20.8. The van der Waals surface area contributed by atoms with E-state index in [1.165, 1.54) is 19.0 Å². The summed E-state index contributed by atoms with van der Waals surface area (Å²) in [7, 11) is 3.00. The van der Waals surface area contributed by atoms with Gasteiger partial charge in [-0.3, -0.25) is 19.3 Å². The number of benzene rings is 3. The summed E-state index contributed by atoms with van der Waals surface area (Å²) >= 11 is 0. The number of hydrogen-bond donors (Lipinski definition) is 6. The number of nitrogens with zero attached hydrogens (tertiary/aromatic N) is 1. The normalized spacial score (nSPS) is 28.1. The number of aliphatic hydroxyl groups excluding tert-OH is 3. The number of nitrogens with two attached hydrogens (primary N) is 1. The van der Waals surface area contributed by atoms with Crippen LogP contribution in [-0.4, -0.2) is 79.7 Å². The number of carbonyl (C=O) groups excluding carboxylic acids is 3. The number of rotatable bonds is 4. The van der Waals surface area contributed by atoms with Gasteiger partial charge in [0.25, 0.3) is 5.91 Å². The Hall–Kier alpha value is -4.77. The second-order valence-corrected chi connectivity index (χ2v) is 11.9. The molecule has 44 heavy (non-hydrogen) atoms. The highest BCUT2D eigenvalue weighted by Gasteiger charge is 2.67. The molecule has 7 N–H and O–H groups in total. The van der Waals surface area contributed by atoms with E-state index in [0.717, 1.165) is 5.56 Å². The second kappa shape index (κ2) is 10.2. The minimum atomic E-state index is -2.97. The van der Waals surface area contributed by atoms with E-state index in [1.54, 1.807) is 37.3 Å². The molecule has 0 saturated heterocycles. The van der Waals surface area contributed by atoms with Crippen molar-refractivity contribution in [2.45, 2.75) is 30.6 Å². The molecular formula is C34H32N2O8. The number of amides is 1. The Morgan fingerprint density at radius 2 is 1.45 bits per heavy atom. The Kier molecular flexibility index (Phi) is 6.77.